The van der Waals surface area contributed by atoms with Crippen molar-refractivity contribution in [2.45, 2.75) is 19.4 Å². The minimum Gasteiger partial charge on any atom is -0.375 e. The van der Waals surface area contributed by atoms with Crippen LogP contribution in [0.3, 0.4) is 0 Å². The fourth-order valence-corrected chi connectivity index (χ4v) is 1.99. The van der Waals surface area contributed by atoms with Gasteiger partial charge in [-0.25, -0.2) is 0 Å². The van der Waals surface area contributed by atoms with Gasteiger partial charge in [-0.1, -0.05) is 24.3 Å². The van der Waals surface area contributed by atoms with Crippen LogP contribution in [-0.2, 0) is 11.2 Å². The predicted octanol–water partition coefficient (Wildman–Crippen LogP) is 1.51. The number of hydrogen-bond donors (Lipinski definition) is 2. The van der Waals surface area contributed by atoms with Gasteiger partial charge in [0.25, 0.3) is 0 Å². The lowest BCUT2D eigenvalue weighted by molar-refractivity contribution is 0.0871. The van der Waals surface area contributed by atoms with Crippen LogP contribution in [0.5, 0.6) is 0 Å². The third-order valence-corrected chi connectivity index (χ3v) is 2.81. The maximum Gasteiger partial charge on any atom is 0.184 e. The van der Waals surface area contributed by atoms with E-state index in [0.717, 1.165) is 12.1 Å². The minimum absolute atomic E-state index is 0.109. The second-order valence-electron chi connectivity index (χ2n) is 3.93. The molecule has 3 N–H and O–H groups in total. The Kier molecular flexibility index (Phi) is 3.71. The van der Waals surface area contributed by atoms with Gasteiger partial charge in [0.1, 0.15) is 6.10 Å². The summed E-state index contributed by atoms with van der Waals surface area (Å²) in [6.07, 6.45) is 0.838. The third-order valence-electron chi connectivity index (χ3n) is 2.72. The van der Waals surface area contributed by atoms with Crippen molar-refractivity contribution in [3.63, 3.8) is 0 Å². The van der Waals surface area contributed by atoms with E-state index in [1.54, 1.807) is 0 Å². The molecular formula is C12H15N3OS. The van der Waals surface area contributed by atoms with E-state index in [0.29, 0.717) is 6.61 Å². The molecule has 17 heavy (non-hydrogen) atoms. The first-order valence-corrected chi connectivity index (χ1v) is 5.88. The molecule has 0 fully saturated rings. The van der Waals surface area contributed by atoms with Gasteiger partial charge in [-0.05, 0) is 36.7 Å². The van der Waals surface area contributed by atoms with E-state index >= 15 is 0 Å². The molecule has 4 nitrogen and oxygen atoms in total. The van der Waals surface area contributed by atoms with Gasteiger partial charge in [0, 0.05) is 0 Å². The molecule has 1 aromatic rings. The number of benzene rings is 1. The van der Waals surface area contributed by atoms with E-state index in [2.05, 4.69) is 22.7 Å². The zero-order valence-corrected chi connectivity index (χ0v) is 10.5. The molecule has 1 unspecified atom stereocenters. The van der Waals surface area contributed by atoms with Gasteiger partial charge in [-0.2, -0.15) is 5.10 Å². The van der Waals surface area contributed by atoms with Gasteiger partial charge >= 0.3 is 0 Å². The summed E-state index contributed by atoms with van der Waals surface area (Å²) in [6, 6.07) is 8.24. The van der Waals surface area contributed by atoms with Gasteiger partial charge in [-0.15, -0.1) is 0 Å². The Morgan fingerprint density at radius 2 is 2.29 bits per heavy atom. The Morgan fingerprint density at radius 1 is 1.53 bits per heavy atom. The predicted molar refractivity (Wildman–Crippen MR) is 71.9 cm³/mol. The Bertz CT molecular complexity index is 459. The number of fused-ring (bicyclic) bond motifs is 1. The lowest BCUT2D eigenvalue weighted by Gasteiger charge is -2.25. The van der Waals surface area contributed by atoms with Crippen LogP contribution in [0.2, 0.25) is 0 Å². The largest absolute Gasteiger partial charge is 0.375 e. The molecule has 2 rings (SSSR count). The van der Waals surface area contributed by atoms with Crippen molar-refractivity contribution in [2.75, 3.05) is 6.61 Å². The molecule has 0 saturated heterocycles. The van der Waals surface area contributed by atoms with Gasteiger partial charge < -0.3 is 10.5 Å². The van der Waals surface area contributed by atoms with Crippen molar-refractivity contribution in [3.05, 3.63) is 35.4 Å². The summed E-state index contributed by atoms with van der Waals surface area (Å²) in [4.78, 5) is 0. The molecule has 1 heterocycles. The number of rotatable bonds is 2. The molecule has 0 bridgehead atoms. The zero-order chi connectivity index (χ0) is 12.3. The van der Waals surface area contributed by atoms with Gasteiger partial charge in [0.2, 0.25) is 0 Å². The summed E-state index contributed by atoms with van der Waals surface area (Å²) in [7, 11) is 0. The van der Waals surface area contributed by atoms with Crippen LogP contribution in [0.4, 0.5) is 0 Å². The first-order valence-electron chi connectivity index (χ1n) is 5.47. The van der Waals surface area contributed by atoms with Crippen LogP contribution in [0.1, 0.15) is 24.2 Å². The molecule has 1 aliphatic rings. The molecule has 0 saturated carbocycles. The average Bonchev–Trinajstić information content (AvgIpc) is 2.35. The number of nitrogens with two attached hydrogens (primary N) is 1. The van der Waals surface area contributed by atoms with E-state index in [1.165, 1.54) is 11.1 Å². The molecule has 1 aromatic carbocycles. The van der Waals surface area contributed by atoms with Crippen LogP contribution in [0.25, 0.3) is 0 Å². The third kappa shape index (κ3) is 2.81. The number of nitrogens with one attached hydrogen (secondary N) is 1. The highest BCUT2D eigenvalue weighted by Gasteiger charge is 2.22. The highest BCUT2D eigenvalue weighted by atomic mass is 32.1. The smallest absolute Gasteiger partial charge is 0.184 e. The molecule has 0 radical (unpaired) electrons. The number of hydrogen-bond acceptors (Lipinski definition) is 3. The standard InChI is InChI=1S/C12H15N3OS/c1-8(14-15-12(13)17)11-10-5-3-2-4-9(10)6-7-16-11/h2-5,11H,6-7H2,1H3,(H3,13,15,17). The van der Waals surface area contributed by atoms with Crippen LogP contribution in [0.15, 0.2) is 29.4 Å². The van der Waals surface area contributed by atoms with E-state index in [1.807, 2.05) is 19.1 Å². The molecule has 0 spiro atoms. The number of ether oxygens (including phenoxy) is 1. The fourth-order valence-electron chi connectivity index (χ4n) is 1.94. The molecule has 0 amide bonds. The van der Waals surface area contributed by atoms with Crippen molar-refractivity contribution < 1.29 is 4.74 Å². The summed E-state index contributed by atoms with van der Waals surface area (Å²) in [6.45, 7) is 2.61. The van der Waals surface area contributed by atoms with Crippen molar-refractivity contribution in [1.82, 2.24) is 5.43 Å². The van der Waals surface area contributed by atoms with Gasteiger partial charge in [0.15, 0.2) is 5.11 Å². The zero-order valence-electron chi connectivity index (χ0n) is 9.64. The second kappa shape index (κ2) is 5.25. The van der Waals surface area contributed by atoms with Gasteiger partial charge in [-0.3, -0.25) is 5.43 Å². The highest BCUT2D eigenvalue weighted by Crippen LogP contribution is 2.27. The maximum atomic E-state index is 5.74. The fraction of sp³-hybridized carbons (Fsp3) is 0.333. The lowest BCUT2D eigenvalue weighted by Crippen LogP contribution is -2.28. The molecule has 1 atom stereocenters. The summed E-state index contributed by atoms with van der Waals surface area (Å²) in [5.41, 5.74) is 11.2. The number of hydrazone groups is 1. The summed E-state index contributed by atoms with van der Waals surface area (Å²) < 4.78 is 5.74. The summed E-state index contributed by atoms with van der Waals surface area (Å²) >= 11 is 4.71. The average molecular weight is 249 g/mol. The number of nitrogens with zero attached hydrogens (tertiary/aromatic N) is 1. The SMILES string of the molecule is CC(=NNC(N)=S)C1OCCc2ccccc21. The first-order chi connectivity index (χ1) is 8.18. The van der Waals surface area contributed by atoms with Crippen molar-refractivity contribution in [2.24, 2.45) is 10.8 Å². The second-order valence-corrected chi connectivity index (χ2v) is 4.37. The van der Waals surface area contributed by atoms with Crippen LogP contribution >= 0.6 is 12.2 Å². The van der Waals surface area contributed by atoms with Crippen LogP contribution < -0.4 is 11.2 Å². The lowest BCUT2D eigenvalue weighted by atomic mass is 9.95. The quantitative estimate of drug-likeness (QED) is 0.474. The van der Waals surface area contributed by atoms with E-state index < -0.39 is 0 Å². The maximum absolute atomic E-state index is 5.74. The Hall–Kier alpha value is -1.46. The van der Waals surface area contributed by atoms with E-state index in [9.17, 15) is 0 Å². The Balaban J connectivity index is 2.23. The molecule has 5 heteroatoms. The molecule has 90 valence electrons. The Labute approximate surface area is 106 Å². The topological polar surface area (TPSA) is 59.6 Å². The molecule has 0 aromatic heterocycles. The van der Waals surface area contributed by atoms with E-state index in [-0.39, 0.29) is 11.2 Å². The van der Waals surface area contributed by atoms with Crippen LogP contribution in [0, 0.1) is 0 Å². The first kappa shape index (κ1) is 12.0. The van der Waals surface area contributed by atoms with Crippen molar-refractivity contribution >= 4 is 23.0 Å². The summed E-state index contributed by atoms with van der Waals surface area (Å²) in [5, 5.41) is 4.28. The highest BCUT2D eigenvalue weighted by molar-refractivity contribution is 7.80. The van der Waals surface area contributed by atoms with Crippen molar-refractivity contribution in [1.29, 1.82) is 0 Å². The van der Waals surface area contributed by atoms with Crippen molar-refractivity contribution in [3.8, 4) is 0 Å². The minimum atomic E-state index is -0.109. The Morgan fingerprint density at radius 3 is 3.06 bits per heavy atom. The molecule has 1 aliphatic heterocycles. The monoisotopic (exact) mass is 249 g/mol. The van der Waals surface area contributed by atoms with Crippen LogP contribution in [-0.4, -0.2) is 17.4 Å². The summed E-state index contributed by atoms with van der Waals surface area (Å²) in [5.74, 6) is 0. The normalized spacial score (nSPS) is 19.6. The van der Waals surface area contributed by atoms with Gasteiger partial charge in [0.05, 0.1) is 12.3 Å². The number of thiocarbonyl (C=S) groups is 1. The molecule has 0 aliphatic carbocycles. The van der Waals surface area contributed by atoms with E-state index in [4.69, 9.17) is 22.7 Å². The molecular weight excluding hydrogens is 234 g/mol.